The van der Waals surface area contributed by atoms with Crippen LogP contribution in [-0.2, 0) is 9.59 Å². The van der Waals surface area contributed by atoms with Gasteiger partial charge in [-0.05, 0) is 35.9 Å². The molecule has 0 radical (unpaired) electrons. The van der Waals surface area contributed by atoms with Gasteiger partial charge in [-0.3, -0.25) is 20.2 Å². The minimum Gasteiger partial charge on any atom is -0.493 e. The van der Waals surface area contributed by atoms with Gasteiger partial charge in [-0.15, -0.1) is 0 Å². The lowest BCUT2D eigenvalue weighted by atomic mass is 10.1. The zero-order valence-electron chi connectivity index (χ0n) is 14.1. The molecule has 0 unspecified atom stereocenters. The summed E-state index contributed by atoms with van der Waals surface area (Å²) >= 11 is 0. The molecule has 2 N–H and O–H groups in total. The Balaban J connectivity index is 1.85. The molecule has 1 heterocycles. The van der Waals surface area contributed by atoms with Crippen LogP contribution in [0, 0.1) is 0 Å². The van der Waals surface area contributed by atoms with Crippen LogP contribution in [0.4, 0.5) is 4.79 Å². The van der Waals surface area contributed by atoms with Crippen molar-refractivity contribution in [1.29, 1.82) is 0 Å². The molecule has 3 rings (SSSR count). The molecule has 0 spiro atoms. The second kappa shape index (κ2) is 7.52. The van der Waals surface area contributed by atoms with E-state index in [0.717, 1.165) is 0 Å². The summed E-state index contributed by atoms with van der Waals surface area (Å²) in [7, 11) is 1.39. The molecule has 136 valence electrons. The zero-order chi connectivity index (χ0) is 19.4. The number of rotatable bonds is 4. The maximum Gasteiger partial charge on any atom is 0.343 e. The van der Waals surface area contributed by atoms with Crippen molar-refractivity contribution in [3.05, 3.63) is 65.2 Å². The predicted molar refractivity (Wildman–Crippen MR) is 94.1 cm³/mol. The number of carbonyl (C=O) groups excluding carboxylic acids is 4. The maximum absolute atomic E-state index is 12.2. The zero-order valence-corrected chi connectivity index (χ0v) is 14.1. The van der Waals surface area contributed by atoms with Crippen molar-refractivity contribution in [2.45, 2.75) is 0 Å². The first-order chi connectivity index (χ1) is 13.0. The second-order valence-corrected chi connectivity index (χ2v) is 5.46. The fourth-order valence-corrected chi connectivity index (χ4v) is 2.36. The van der Waals surface area contributed by atoms with Crippen LogP contribution in [0.1, 0.15) is 15.9 Å². The number of benzene rings is 2. The van der Waals surface area contributed by atoms with Gasteiger partial charge in [0.1, 0.15) is 5.57 Å². The van der Waals surface area contributed by atoms with Gasteiger partial charge in [0.25, 0.3) is 11.8 Å². The smallest absolute Gasteiger partial charge is 0.343 e. The van der Waals surface area contributed by atoms with E-state index in [9.17, 15) is 19.2 Å². The standard InChI is InChI=1S/C19H14N2O6/c1-26-15-10-11(9-13-16(22)20-19(25)21-17(13)23)7-8-14(15)27-18(24)12-5-3-2-4-6-12/h2-10H,1H3,(H2,20,21,22,23,25). The van der Waals surface area contributed by atoms with Crippen molar-refractivity contribution in [1.82, 2.24) is 10.6 Å². The summed E-state index contributed by atoms with van der Waals surface area (Å²) in [6, 6.07) is 12.1. The van der Waals surface area contributed by atoms with E-state index in [1.54, 1.807) is 36.4 Å². The first kappa shape index (κ1) is 17.9. The molecule has 2 aromatic rings. The molecule has 0 saturated carbocycles. The van der Waals surface area contributed by atoms with Gasteiger partial charge in [-0.2, -0.15) is 0 Å². The molecule has 0 aliphatic carbocycles. The number of ether oxygens (including phenoxy) is 2. The van der Waals surface area contributed by atoms with Crippen molar-refractivity contribution in [3.63, 3.8) is 0 Å². The average molecular weight is 366 g/mol. The summed E-state index contributed by atoms with van der Waals surface area (Å²) < 4.78 is 10.6. The number of methoxy groups -OCH3 is 1. The monoisotopic (exact) mass is 366 g/mol. The minimum atomic E-state index is -0.872. The van der Waals surface area contributed by atoms with Gasteiger partial charge in [-0.1, -0.05) is 24.3 Å². The lowest BCUT2D eigenvalue weighted by Gasteiger charge is -2.14. The fourth-order valence-electron chi connectivity index (χ4n) is 2.36. The Kier molecular flexibility index (Phi) is 4.98. The normalized spacial score (nSPS) is 13.5. The third-order valence-electron chi connectivity index (χ3n) is 3.65. The molecule has 0 aromatic heterocycles. The first-order valence-corrected chi connectivity index (χ1v) is 7.81. The van der Waals surface area contributed by atoms with Crippen LogP contribution in [-0.4, -0.2) is 30.9 Å². The summed E-state index contributed by atoms with van der Waals surface area (Å²) in [6.45, 7) is 0. The van der Waals surface area contributed by atoms with Gasteiger partial charge in [0.2, 0.25) is 0 Å². The van der Waals surface area contributed by atoms with Crippen LogP contribution in [0.2, 0.25) is 0 Å². The van der Waals surface area contributed by atoms with E-state index < -0.39 is 23.8 Å². The number of esters is 1. The highest BCUT2D eigenvalue weighted by atomic mass is 16.6. The number of nitrogens with one attached hydrogen (secondary N) is 2. The Bertz CT molecular complexity index is 943. The number of hydrogen-bond donors (Lipinski definition) is 2. The van der Waals surface area contributed by atoms with Gasteiger partial charge in [-0.25, -0.2) is 9.59 Å². The quantitative estimate of drug-likeness (QED) is 0.369. The first-order valence-electron chi connectivity index (χ1n) is 7.81. The van der Waals surface area contributed by atoms with Gasteiger partial charge in [0, 0.05) is 0 Å². The Labute approximate surface area is 153 Å². The molecule has 27 heavy (non-hydrogen) atoms. The number of barbiturate groups is 1. The second-order valence-electron chi connectivity index (χ2n) is 5.46. The molecule has 8 nitrogen and oxygen atoms in total. The van der Waals surface area contributed by atoms with Gasteiger partial charge < -0.3 is 9.47 Å². The van der Waals surface area contributed by atoms with E-state index in [0.29, 0.717) is 11.1 Å². The Morgan fingerprint density at radius 2 is 1.59 bits per heavy atom. The molecule has 2 aromatic carbocycles. The van der Waals surface area contributed by atoms with E-state index in [2.05, 4.69) is 0 Å². The number of hydrogen-bond acceptors (Lipinski definition) is 6. The minimum absolute atomic E-state index is 0.182. The van der Waals surface area contributed by atoms with Crippen molar-refractivity contribution < 1.29 is 28.7 Å². The maximum atomic E-state index is 12.2. The van der Waals surface area contributed by atoms with Crippen LogP contribution >= 0.6 is 0 Å². The Morgan fingerprint density at radius 3 is 2.22 bits per heavy atom. The summed E-state index contributed by atoms with van der Waals surface area (Å²) in [5.41, 5.74) is 0.595. The van der Waals surface area contributed by atoms with Gasteiger partial charge in [0.05, 0.1) is 12.7 Å². The number of urea groups is 1. The molecule has 8 heteroatoms. The Hall–Kier alpha value is -3.94. The molecule has 1 saturated heterocycles. The summed E-state index contributed by atoms with van der Waals surface area (Å²) in [4.78, 5) is 46.8. The number of imide groups is 2. The van der Waals surface area contributed by atoms with Crippen molar-refractivity contribution in [3.8, 4) is 11.5 Å². The summed E-state index contributed by atoms with van der Waals surface area (Å²) in [6.07, 6.45) is 1.29. The van der Waals surface area contributed by atoms with Crippen LogP contribution in [0.5, 0.6) is 11.5 Å². The lowest BCUT2D eigenvalue weighted by molar-refractivity contribution is -0.123. The molecule has 0 bridgehead atoms. The van der Waals surface area contributed by atoms with Crippen molar-refractivity contribution in [2.24, 2.45) is 0 Å². The average Bonchev–Trinajstić information content (AvgIpc) is 2.66. The molecular formula is C19H14N2O6. The van der Waals surface area contributed by atoms with Crippen LogP contribution in [0.3, 0.4) is 0 Å². The summed E-state index contributed by atoms with van der Waals surface area (Å²) in [5, 5.41) is 3.97. The molecule has 1 fully saturated rings. The third kappa shape index (κ3) is 4.01. The van der Waals surface area contributed by atoms with Gasteiger partial charge in [0.15, 0.2) is 11.5 Å². The highest BCUT2D eigenvalue weighted by Gasteiger charge is 2.27. The van der Waals surface area contributed by atoms with E-state index in [4.69, 9.17) is 9.47 Å². The number of amides is 4. The SMILES string of the molecule is COc1cc(C=C2C(=O)NC(=O)NC2=O)ccc1OC(=O)c1ccccc1. The fraction of sp³-hybridized carbons (Fsp3) is 0.0526. The third-order valence-corrected chi connectivity index (χ3v) is 3.65. The van der Waals surface area contributed by atoms with Crippen LogP contribution in [0.25, 0.3) is 6.08 Å². The lowest BCUT2D eigenvalue weighted by Crippen LogP contribution is -2.51. The number of carbonyl (C=O) groups is 4. The molecule has 1 aliphatic heterocycles. The van der Waals surface area contributed by atoms with Crippen molar-refractivity contribution >= 4 is 29.9 Å². The molecular weight excluding hydrogens is 352 g/mol. The van der Waals surface area contributed by atoms with Gasteiger partial charge >= 0.3 is 12.0 Å². The van der Waals surface area contributed by atoms with E-state index >= 15 is 0 Å². The van der Waals surface area contributed by atoms with Crippen molar-refractivity contribution in [2.75, 3.05) is 7.11 Å². The predicted octanol–water partition coefficient (Wildman–Crippen LogP) is 1.66. The Morgan fingerprint density at radius 1 is 0.926 bits per heavy atom. The molecule has 4 amide bonds. The largest absolute Gasteiger partial charge is 0.493 e. The van der Waals surface area contributed by atoms with E-state index in [1.807, 2.05) is 10.6 Å². The highest BCUT2D eigenvalue weighted by molar-refractivity contribution is 6.31. The molecule has 1 aliphatic rings. The van der Waals surface area contributed by atoms with E-state index in [-0.39, 0.29) is 17.1 Å². The highest BCUT2D eigenvalue weighted by Crippen LogP contribution is 2.29. The van der Waals surface area contributed by atoms with Crippen LogP contribution in [0.15, 0.2) is 54.1 Å². The topological polar surface area (TPSA) is 111 Å². The van der Waals surface area contributed by atoms with E-state index in [1.165, 1.54) is 25.3 Å². The molecule has 0 atom stereocenters. The van der Waals surface area contributed by atoms with Crippen LogP contribution < -0.4 is 20.1 Å². The summed E-state index contributed by atoms with van der Waals surface area (Å²) in [5.74, 6) is -1.74.